The van der Waals surface area contributed by atoms with Crippen LogP contribution < -0.4 is 5.32 Å². The Morgan fingerprint density at radius 3 is 2.55 bits per heavy atom. The minimum absolute atomic E-state index is 0.197. The third-order valence-electron chi connectivity index (χ3n) is 4.54. The second kappa shape index (κ2) is 10.4. The molecule has 1 N–H and O–H groups in total. The number of hydrogen-bond acceptors (Lipinski definition) is 7. The van der Waals surface area contributed by atoms with Crippen molar-refractivity contribution < 1.29 is 28.3 Å². The van der Waals surface area contributed by atoms with Crippen LogP contribution in [0.3, 0.4) is 0 Å². The molecule has 2 unspecified atom stereocenters. The number of esters is 2. The van der Waals surface area contributed by atoms with Crippen LogP contribution >= 0.6 is 11.8 Å². The average Bonchev–Trinajstić information content (AvgIpc) is 3.42. The maximum atomic E-state index is 13.2. The van der Waals surface area contributed by atoms with E-state index in [-0.39, 0.29) is 17.9 Å². The molecule has 1 aromatic heterocycles. The number of carbonyl (C=O) groups excluding carboxylic acids is 3. The standard InChI is InChI=1S/C22H26N2O6S/c1-4-29-20(25)15-5-7-17(8-6-15)23-22(27)24-18(21(26)30-11-14(2)3)13-31-19(24)16-9-10-28-12-16/h5-10,12,14,18-19H,4,11,13H2,1-3H3,(H,23,27). The summed E-state index contributed by atoms with van der Waals surface area (Å²) in [7, 11) is 0. The quantitative estimate of drug-likeness (QED) is 0.633. The summed E-state index contributed by atoms with van der Waals surface area (Å²) >= 11 is 1.47. The highest BCUT2D eigenvalue weighted by Gasteiger charge is 2.43. The summed E-state index contributed by atoms with van der Waals surface area (Å²) in [6.45, 7) is 6.22. The smallest absolute Gasteiger partial charge is 0.338 e. The lowest BCUT2D eigenvalue weighted by Crippen LogP contribution is -2.46. The highest BCUT2D eigenvalue weighted by molar-refractivity contribution is 7.99. The van der Waals surface area contributed by atoms with Crippen molar-refractivity contribution in [3.63, 3.8) is 0 Å². The molecule has 1 aliphatic heterocycles. The summed E-state index contributed by atoms with van der Waals surface area (Å²) in [5.74, 6) is -0.241. The van der Waals surface area contributed by atoms with E-state index in [1.54, 1.807) is 43.5 Å². The van der Waals surface area contributed by atoms with Gasteiger partial charge in [-0.15, -0.1) is 11.8 Å². The second-order valence-corrected chi connectivity index (χ2v) is 8.53. The van der Waals surface area contributed by atoms with Crippen LogP contribution in [0.5, 0.6) is 0 Å². The fraction of sp³-hybridized carbons (Fsp3) is 0.409. The zero-order valence-corrected chi connectivity index (χ0v) is 18.5. The maximum Gasteiger partial charge on any atom is 0.338 e. The molecule has 8 nitrogen and oxygen atoms in total. The molecule has 1 aromatic carbocycles. The number of rotatable bonds is 7. The Balaban J connectivity index is 1.76. The number of amides is 2. The van der Waals surface area contributed by atoms with Crippen molar-refractivity contribution in [1.82, 2.24) is 4.90 Å². The van der Waals surface area contributed by atoms with Gasteiger partial charge in [-0.3, -0.25) is 4.90 Å². The third-order valence-corrected chi connectivity index (χ3v) is 5.86. The van der Waals surface area contributed by atoms with Crippen molar-refractivity contribution in [2.75, 3.05) is 24.3 Å². The Hall–Kier alpha value is -2.94. The largest absolute Gasteiger partial charge is 0.472 e. The summed E-state index contributed by atoms with van der Waals surface area (Å²) in [6.07, 6.45) is 3.10. The van der Waals surface area contributed by atoms with E-state index in [4.69, 9.17) is 13.9 Å². The first-order chi connectivity index (χ1) is 14.9. The van der Waals surface area contributed by atoms with Crippen LogP contribution in [0.15, 0.2) is 47.3 Å². The lowest BCUT2D eigenvalue weighted by Gasteiger charge is -2.28. The first kappa shape index (κ1) is 22.7. The molecule has 2 amide bonds. The normalized spacial score (nSPS) is 18.1. The van der Waals surface area contributed by atoms with E-state index < -0.39 is 24.0 Å². The molecule has 1 fully saturated rings. The van der Waals surface area contributed by atoms with Gasteiger partial charge >= 0.3 is 18.0 Å². The van der Waals surface area contributed by atoms with Crippen molar-refractivity contribution in [2.24, 2.45) is 5.92 Å². The zero-order chi connectivity index (χ0) is 22.4. The van der Waals surface area contributed by atoms with Gasteiger partial charge in [-0.25, -0.2) is 14.4 Å². The molecule has 1 saturated heterocycles. The number of furan rings is 1. The van der Waals surface area contributed by atoms with E-state index in [0.717, 1.165) is 5.56 Å². The van der Waals surface area contributed by atoms with E-state index in [2.05, 4.69) is 5.32 Å². The topological polar surface area (TPSA) is 98.1 Å². The number of ether oxygens (including phenoxy) is 2. The number of benzene rings is 1. The van der Waals surface area contributed by atoms with Gasteiger partial charge in [-0.1, -0.05) is 13.8 Å². The predicted octanol–water partition coefficient (Wildman–Crippen LogP) is 4.30. The van der Waals surface area contributed by atoms with Gasteiger partial charge in [0, 0.05) is 17.0 Å². The van der Waals surface area contributed by atoms with E-state index in [1.807, 2.05) is 13.8 Å². The van der Waals surface area contributed by atoms with Crippen LogP contribution in [0.4, 0.5) is 10.5 Å². The molecule has 2 atom stereocenters. The van der Waals surface area contributed by atoms with Crippen molar-refractivity contribution in [2.45, 2.75) is 32.2 Å². The van der Waals surface area contributed by atoms with Crippen molar-refractivity contribution in [3.05, 3.63) is 54.0 Å². The fourth-order valence-corrected chi connectivity index (χ4v) is 4.44. The molecule has 0 aliphatic carbocycles. The molecule has 0 saturated carbocycles. The molecule has 0 bridgehead atoms. The molecule has 2 heterocycles. The Labute approximate surface area is 185 Å². The van der Waals surface area contributed by atoms with E-state index in [1.165, 1.54) is 22.9 Å². The minimum atomic E-state index is -0.720. The summed E-state index contributed by atoms with van der Waals surface area (Å²) < 4.78 is 15.5. The maximum absolute atomic E-state index is 13.2. The highest BCUT2D eigenvalue weighted by Crippen LogP contribution is 2.42. The van der Waals surface area contributed by atoms with E-state index in [0.29, 0.717) is 23.6 Å². The van der Waals surface area contributed by atoms with Crippen LogP contribution in [-0.2, 0) is 14.3 Å². The summed E-state index contributed by atoms with van der Waals surface area (Å²) in [5.41, 5.74) is 1.68. The first-order valence-electron chi connectivity index (χ1n) is 10.1. The SMILES string of the molecule is CCOC(=O)c1ccc(NC(=O)N2C(C(=O)OCC(C)C)CSC2c2ccoc2)cc1. The second-order valence-electron chi connectivity index (χ2n) is 7.42. The van der Waals surface area contributed by atoms with Crippen LogP contribution in [0.1, 0.15) is 42.1 Å². The molecule has 0 spiro atoms. The number of urea groups is 1. The molecule has 166 valence electrons. The molecule has 31 heavy (non-hydrogen) atoms. The number of anilines is 1. The lowest BCUT2D eigenvalue weighted by molar-refractivity contribution is -0.149. The van der Waals surface area contributed by atoms with Gasteiger partial charge in [0.2, 0.25) is 0 Å². The van der Waals surface area contributed by atoms with E-state index >= 15 is 0 Å². The van der Waals surface area contributed by atoms with E-state index in [9.17, 15) is 14.4 Å². The van der Waals surface area contributed by atoms with Crippen LogP contribution in [0, 0.1) is 5.92 Å². The molecular formula is C22H26N2O6S. The Bertz CT molecular complexity index is 897. The lowest BCUT2D eigenvalue weighted by atomic mass is 10.2. The fourth-order valence-electron chi connectivity index (χ4n) is 3.05. The third kappa shape index (κ3) is 5.61. The van der Waals surface area contributed by atoms with Gasteiger partial charge in [-0.05, 0) is 43.2 Å². The molecule has 9 heteroatoms. The van der Waals surface area contributed by atoms with Crippen molar-refractivity contribution in [3.8, 4) is 0 Å². The number of nitrogens with zero attached hydrogens (tertiary/aromatic N) is 1. The number of thioether (sulfide) groups is 1. The van der Waals surface area contributed by atoms with Crippen LogP contribution in [-0.4, -0.2) is 47.9 Å². The molecular weight excluding hydrogens is 420 g/mol. The molecule has 0 radical (unpaired) electrons. The molecule has 1 aliphatic rings. The zero-order valence-electron chi connectivity index (χ0n) is 17.7. The van der Waals surface area contributed by atoms with Gasteiger partial charge in [0.15, 0.2) is 0 Å². The Morgan fingerprint density at radius 1 is 1.19 bits per heavy atom. The van der Waals surface area contributed by atoms with Crippen LogP contribution in [0.2, 0.25) is 0 Å². The van der Waals surface area contributed by atoms with Crippen LogP contribution in [0.25, 0.3) is 0 Å². The van der Waals surface area contributed by atoms with Gasteiger partial charge in [0.05, 0.1) is 31.3 Å². The van der Waals surface area contributed by atoms with Crippen molar-refractivity contribution in [1.29, 1.82) is 0 Å². The minimum Gasteiger partial charge on any atom is -0.472 e. The Morgan fingerprint density at radius 2 is 1.94 bits per heavy atom. The average molecular weight is 447 g/mol. The molecule has 3 rings (SSSR count). The monoisotopic (exact) mass is 446 g/mol. The summed E-state index contributed by atoms with van der Waals surface area (Å²) in [4.78, 5) is 39.1. The summed E-state index contributed by atoms with van der Waals surface area (Å²) in [5, 5.41) is 2.43. The highest BCUT2D eigenvalue weighted by atomic mass is 32.2. The van der Waals surface area contributed by atoms with Crippen molar-refractivity contribution >= 4 is 35.4 Å². The molecule has 2 aromatic rings. The summed E-state index contributed by atoms with van der Waals surface area (Å²) in [6, 6.07) is 7.00. The first-order valence-corrected chi connectivity index (χ1v) is 11.1. The van der Waals surface area contributed by atoms with Gasteiger partial charge in [-0.2, -0.15) is 0 Å². The number of nitrogens with one attached hydrogen (secondary N) is 1. The predicted molar refractivity (Wildman–Crippen MR) is 117 cm³/mol. The number of carbonyl (C=O) groups is 3. The van der Waals surface area contributed by atoms with Gasteiger partial charge < -0.3 is 19.2 Å². The number of hydrogen-bond donors (Lipinski definition) is 1. The van der Waals surface area contributed by atoms with Gasteiger partial charge in [0.1, 0.15) is 11.4 Å². The van der Waals surface area contributed by atoms with Gasteiger partial charge in [0.25, 0.3) is 0 Å². The Kier molecular flexibility index (Phi) is 7.62.